The molecule has 26 heavy (non-hydrogen) atoms. The first-order valence-corrected chi connectivity index (χ1v) is 8.13. The number of amides is 2. The molecule has 2 aromatic heterocycles. The molecule has 0 saturated heterocycles. The first-order chi connectivity index (χ1) is 12.6. The average Bonchev–Trinajstić information content (AvgIpc) is 2.67. The largest absolute Gasteiger partial charge is 0.347 e. The van der Waals surface area contributed by atoms with Crippen LogP contribution in [0.3, 0.4) is 0 Å². The maximum absolute atomic E-state index is 12.4. The first-order valence-electron chi connectivity index (χ1n) is 8.13. The lowest BCUT2D eigenvalue weighted by Crippen LogP contribution is -2.24. The van der Waals surface area contributed by atoms with Gasteiger partial charge in [0.05, 0.1) is 0 Å². The molecule has 1 aromatic carbocycles. The molecule has 6 nitrogen and oxygen atoms in total. The maximum Gasteiger partial charge on any atom is 0.270 e. The second-order valence-electron chi connectivity index (χ2n) is 5.80. The molecule has 0 aliphatic carbocycles. The number of carbonyl (C=O) groups excluding carboxylic acids is 2. The quantitative estimate of drug-likeness (QED) is 0.744. The average molecular weight is 346 g/mol. The van der Waals surface area contributed by atoms with E-state index in [-0.39, 0.29) is 17.5 Å². The highest BCUT2D eigenvalue weighted by Gasteiger charge is 2.12. The molecule has 0 spiro atoms. The zero-order valence-electron chi connectivity index (χ0n) is 14.3. The molecule has 6 heteroatoms. The number of hydrogen-bond donors (Lipinski definition) is 2. The summed E-state index contributed by atoms with van der Waals surface area (Å²) in [6, 6.07) is 14.2. The van der Waals surface area contributed by atoms with Crippen LogP contribution in [0.15, 0.2) is 67.1 Å². The minimum Gasteiger partial charge on any atom is -0.347 e. The Morgan fingerprint density at radius 2 is 1.88 bits per heavy atom. The molecular formula is C20H18N4O2. The Kier molecular flexibility index (Phi) is 5.34. The molecule has 2 amide bonds. The van der Waals surface area contributed by atoms with E-state index in [1.165, 1.54) is 12.3 Å². The molecule has 0 unspecified atom stereocenters. The number of aromatic nitrogens is 2. The summed E-state index contributed by atoms with van der Waals surface area (Å²) in [7, 11) is 0. The van der Waals surface area contributed by atoms with Crippen molar-refractivity contribution in [2.45, 2.75) is 13.5 Å². The summed E-state index contributed by atoms with van der Waals surface area (Å²) in [6.45, 7) is 2.29. The lowest BCUT2D eigenvalue weighted by Gasteiger charge is -2.08. The van der Waals surface area contributed by atoms with E-state index in [0.717, 1.165) is 11.1 Å². The van der Waals surface area contributed by atoms with Gasteiger partial charge in [-0.25, -0.2) is 0 Å². The Balaban J connectivity index is 1.67. The monoisotopic (exact) mass is 346 g/mol. The SMILES string of the molecule is Cc1cccc(NC(=O)c2ccnc(C(=O)NCc3cccnc3)c2)c1. The van der Waals surface area contributed by atoms with E-state index in [4.69, 9.17) is 0 Å². The van der Waals surface area contributed by atoms with E-state index in [1.54, 1.807) is 24.5 Å². The van der Waals surface area contributed by atoms with E-state index < -0.39 is 0 Å². The summed E-state index contributed by atoms with van der Waals surface area (Å²) < 4.78 is 0. The van der Waals surface area contributed by atoms with E-state index in [9.17, 15) is 9.59 Å². The van der Waals surface area contributed by atoms with Crippen LogP contribution in [-0.2, 0) is 6.54 Å². The van der Waals surface area contributed by atoms with Crippen molar-refractivity contribution in [3.63, 3.8) is 0 Å². The third-order valence-corrected chi connectivity index (χ3v) is 3.71. The van der Waals surface area contributed by atoms with Gasteiger partial charge >= 0.3 is 0 Å². The predicted molar refractivity (Wildman–Crippen MR) is 98.8 cm³/mol. The van der Waals surface area contributed by atoms with Crippen LogP contribution in [0.4, 0.5) is 5.69 Å². The topological polar surface area (TPSA) is 84.0 Å². The Hall–Kier alpha value is -3.54. The van der Waals surface area contributed by atoms with Crippen molar-refractivity contribution < 1.29 is 9.59 Å². The number of nitrogens with zero attached hydrogens (tertiary/aromatic N) is 2. The molecule has 2 N–H and O–H groups in total. The normalized spacial score (nSPS) is 10.2. The van der Waals surface area contributed by atoms with Crippen molar-refractivity contribution in [3.8, 4) is 0 Å². The third kappa shape index (κ3) is 4.51. The van der Waals surface area contributed by atoms with Crippen molar-refractivity contribution in [3.05, 3.63) is 89.5 Å². The number of aryl methyl sites for hydroxylation is 1. The Bertz CT molecular complexity index is 926. The van der Waals surface area contributed by atoms with E-state index in [1.807, 2.05) is 37.3 Å². The number of rotatable bonds is 5. The van der Waals surface area contributed by atoms with Crippen LogP contribution < -0.4 is 10.6 Å². The fourth-order valence-electron chi connectivity index (χ4n) is 2.40. The maximum atomic E-state index is 12.4. The van der Waals surface area contributed by atoms with Crippen LogP contribution in [0, 0.1) is 6.92 Å². The number of hydrogen-bond acceptors (Lipinski definition) is 4. The van der Waals surface area contributed by atoms with Crippen LogP contribution in [0.25, 0.3) is 0 Å². The van der Waals surface area contributed by atoms with Gasteiger partial charge in [-0.1, -0.05) is 18.2 Å². The highest BCUT2D eigenvalue weighted by molar-refractivity contribution is 6.05. The highest BCUT2D eigenvalue weighted by Crippen LogP contribution is 2.12. The lowest BCUT2D eigenvalue weighted by molar-refractivity contribution is 0.0946. The second-order valence-corrected chi connectivity index (χ2v) is 5.80. The summed E-state index contributed by atoms with van der Waals surface area (Å²) in [5, 5.41) is 5.58. The number of anilines is 1. The number of benzene rings is 1. The molecule has 0 bridgehead atoms. The molecule has 0 fully saturated rings. The summed E-state index contributed by atoms with van der Waals surface area (Å²) in [5.41, 5.74) is 3.19. The van der Waals surface area contributed by atoms with E-state index >= 15 is 0 Å². The Morgan fingerprint density at radius 3 is 2.65 bits per heavy atom. The zero-order chi connectivity index (χ0) is 18.4. The number of pyridine rings is 2. The first kappa shape index (κ1) is 17.3. The van der Waals surface area contributed by atoms with Gasteiger partial charge in [0, 0.05) is 36.4 Å². The molecule has 130 valence electrons. The van der Waals surface area contributed by atoms with Gasteiger partial charge in [0.15, 0.2) is 0 Å². The highest BCUT2D eigenvalue weighted by atomic mass is 16.2. The predicted octanol–water partition coefficient (Wildman–Crippen LogP) is 2.97. The van der Waals surface area contributed by atoms with Crippen LogP contribution in [-0.4, -0.2) is 21.8 Å². The molecule has 0 aliphatic heterocycles. The van der Waals surface area contributed by atoms with Crippen LogP contribution >= 0.6 is 0 Å². The lowest BCUT2D eigenvalue weighted by atomic mass is 10.2. The molecule has 2 heterocycles. The summed E-state index contributed by atoms with van der Waals surface area (Å²) in [6.07, 6.45) is 4.80. The van der Waals surface area contributed by atoms with Gasteiger partial charge < -0.3 is 10.6 Å². The van der Waals surface area contributed by atoms with Gasteiger partial charge in [-0.3, -0.25) is 19.6 Å². The van der Waals surface area contributed by atoms with Crippen LogP contribution in [0.5, 0.6) is 0 Å². The van der Waals surface area contributed by atoms with Crippen molar-refractivity contribution in [1.29, 1.82) is 0 Å². The fourth-order valence-corrected chi connectivity index (χ4v) is 2.40. The number of nitrogens with one attached hydrogen (secondary N) is 2. The molecular weight excluding hydrogens is 328 g/mol. The van der Waals surface area contributed by atoms with Crippen molar-refractivity contribution in [2.24, 2.45) is 0 Å². The van der Waals surface area contributed by atoms with Gasteiger partial charge in [-0.2, -0.15) is 0 Å². The standard InChI is InChI=1S/C20H18N4O2/c1-14-4-2-6-17(10-14)24-19(25)16-7-9-22-18(11-16)20(26)23-13-15-5-3-8-21-12-15/h2-12H,13H2,1H3,(H,23,26)(H,24,25). The summed E-state index contributed by atoms with van der Waals surface area (Å²) in [4.78, 5) is 32.7. The minimum absolute atomic E-state index is 0.186. The minimum atomic E-state index is -0.348. The molecule has 0 saturated carbocycles. The second kappa shape index (κ2) is 8.02. The van der Waals surface area contributed by atoms with Gasteiger partial charge in [0.1, 0.15) is 5.69 Å². The van der Waals surface area contributed by atoms with Crippen LogP contribution in [0.2, 0.25) is 0 Å². The molecule has 0 atom stereocenters. The molecule has 3 rings (SSSR count). The van der Waals surface area contributed by atoms with Crippen LogP contribution in [0.1, 0.15) is 32.0 Å². The third-order valence-electron chi connectivity index (χ3n) is 3.71. The van der Waals surface area contributed by atoms with Crippen molar-refractivity contribution >= 4 is 17.5 Å². The van der Waals surface area contributed by atoms with E-state index in [2.05, 4.69) is 20.6 Å². The van der Waals surface area contributed by atoms with E-state index in [0.29, 0.717) is 17.8 Å². The summed E-state index contributed by atoms with van der Waals surface area (Å²) >= 11 is 0. The van der Waals surface area contributed by atoms with Crippen molar-refractivity contribution in [2.75, 3.05) is 5.32 Å². The van der Waals surface area contributed by atoms with Gasteiger partial charge in [-0.15, -0.1) is 0 Å². The van der Waals surface area contributed by atoms with Gasteiger partial charge in [0.25, 0.3) is 11.8 Å². The number of carbonyl (C=O) groups is 2. The molecule has 3 aromatic rings. The van der Waals surface area contributed by atoms with Crippen molar-refractivity contribution in [1.82, 2.24) is 15.3 Å². The van der Waals surface area contributed by atoms with Gasteiger partial charge in [-0.05, 0) is 48.4 Å². The fraction of sp³-hybridized carbons (Fsp3) is 0.100. The molecule has 0 aliphatic rings. The Labute approximate surface area is 151 Å². The Morgan fingerprint density at radius 1 is 1.00 bits per heavy atom. The molecule has 0 radical (unpaired) electrons. The zero-order valence-corrected chi connectivity index (χ0v) is 14.3. The summed E-state index contributed by atoms with van der Waals surface area (Å²) in [5.74, 6) is -0.640. The van der Waals surface area contributed by atoms with Gasteiger partial charge in [0.2, 0.25) is 0 Å². The smallest absolute Gasteiger partial charge is 0.270 e.